The van der Waals surface area contributed by atoms with Crippen LogP contribution in [-0.4, -0.2) is 63.5 Å². The standard InChI is InChI=1S/C12H24ClNO3/c1-2-3-4-5-6-14-7-9(13)11(16)12(17)10(14)8-15/h9-12,15-17H,2-8H2,1H3/t9-,10?,11+,12+/m0/s1. The fraction of sp³-hybridized carbons (Fsp3) is 1.00. The number of piperidine rings is 1. The molecule has 1 saturated heterocycles. The van der Waals surface area contributed by atoms with E-state index in [-0.39, 0.29) is 12.6 Å². The van der Waals surface area contributed by atoms with E-state index in [4.69, 9.17) is 11.6 Å². The van der Waals surface area contributed by atoms with Gasteiger partial charge in [-0.2, -0.15) is 0 Å². The van der Waals surface area contributed by atoms with Crippen molar-refractivity contribution in [2.75, 3.05) is 19.7 Å². The van der Waals surface area contributed by atoms with Crippen molar-refractivity contribution in [3.8, 4) is 0 Å². The first-order valence-corrected chi connectivity index (χ1v) is 6.90. The maximum absolute atomic E-state index is 9.84. The number of rotatable bonds is 6. The summed E-state index contributed by atoms with van der Waals surface area (Å²) in [6, 6.07) is -0.387. The Kier molecular flexibility index (Phi) is 6.74. The van der Waals surface area contributed by atoms with Gasteiger partial charge in [0.15, 0.2) is 0 Å². The van der Waals surface area contributed by atoms with Gasteiger partial charge in [0, 0.05) is 6.54 Å². The Bertz CT molecular complexity index is 218. The number of hydrogen-bond donors (Lipinski definition) is 3. The van der Waals surface area contributed by atoms with Crippen molar-refractivity contribution < 1.29 is 15.3 Å². The maximum Gasteiger partial charge on any atom is 0.0991 e. The number of hydrogen-bond acceptors (Lipinski definition) is 4. The molecular weight excluding hydrogens is 242 g/mol. The molecule has 0 radical (unpaired) electrons. The average Bonchev–Trinajstić information content (AvgIpc) is 2.32. The zero-order chi connectivity index (χ0) is 12.8. The first kappa shape index (κ1) is 15.2. The quantitative estimate of drug-likeness (QED) is 0.485. The van der Waals surface area contributed by atoms with Gasteiger partial charge in [0.1, 0.15) is 0 Å². The minimum atomic E-state index is -0.956. The summed E-state index contributed by atoms with van der Waals surface area (Å²) >= 11 is 5.99. The number of aliphatic hydroxyl groups is 3. The Morgan fingerprint density at radius 1 is 1.18 bits per heavy atom. The molecule has 0 aromatic carbocycles. The maximum atomic E-state index is 9.84. The molecule has 0 bridgehead atoms. The Morgan fingerprint density at radius 3 is 2.47 bits per heavy atom. The first-order chi connectivity index (χ1) is 8.11. The van der Waals surface area contributed by atoms with Crippen LogP contribution in [0.2, 0.25) is 0 Å². The van der Waals surface area contributed by atoms with E-state index in [0.717, 1.165) is 19.4 Å². The van der Waals surface area contributed by atoms with Gasteiger partial charge in [-0.1, -0.05) is 26.2 Å². The van der Waals surface area contributed by atoms with E-state index < -0.39 is 17.6 Å². The molecule has 1 aliphatic heterocycles. The van der Waals surface area contributed by atoms with Crippen LogP contribution < -0.4 is 0 Å². The Balaban J connectivity index is 2.45. The summed E-state index contributed by atoms with van der Waals surface area (Å²) in [5.41, 5.74) is 0. The topological polar surface area (TPSA) is 63.9 Å². The third kappa shape index (κ3) is 4.07. The molecule has 0 amide bonds. The summed E-state index contributed by atoms with van der Waals surface area (Å²) in [6.45, 7) is 3.36. The van der Waals surface area contributed by atoms with Crippen LogP contribution >= 0.6 is 11.6 Å². The van der Waals surface area contributed by atoms with Crippen molar-refractivity contribution >= 4 is 11.6 Å². The van der Waals surface area contributed by atoms with Crippen molar-refractivity contribution in [2.24, 2.45) is 0 Å². The number of likely N-dealkylation sites (tertiary alicyclic amines) is 1. The number of aliphatic hydroxyl groups excluding tert-OH is 3. The smallest absolute Gasteiger partial charge is 0.0991 e. The lowest BCUT2D eigenvalue weighted by molar-refractivity contribution is -0.0871. The predicted molar refractivity (Wildman–Crippen MR) is 68.2 cm³/mol. The molecule has 0 spiro atoms. The van der Waals surface area contributed by atoms with Crippen molar-refractivity contribution in [2.45, 2.75) is 56.2 Å². The second-order valence-corrected chi connectivity index (χ2v) is 5.36. The Hall–Kier alpha value is 0.130. The average molecular weight is 266 g/mol. The SMILES string of the molecule is CCCCCCN1C[C@H](Cl)[C@@H](O)[C@H](O)C1CO. The van der Waals surface area contributed by atoms with Gasteiger partial charge in [0.05, 0.1) is 30.2 Å². The molecule has 0 aromatic rings. The van der Waals surface area contributed by atoms with Crippen LogP contribution in [0.1, 0.15) is 32.6 Å². The minimum Gasteiger partial charge on any atom is -0.395 e. The first-order valence-electron chi connectivity index (χ1n) is 6.47. The molecular formula is C12H24ClNO3. The Morgan fingerprint density at radius 2 is 1.88 bits per heavy atom. The molecule has 0 aromatic heterocycles. The molecule has 1 aliphatic rings. The molecule has 0 aliphatic carbocycles. The summed E-state index contributed by atoms with van der Waals surface area (Å²) in [5, 5.41) is 28.3. The highest BCUT2D eigenvalue weighted by Gasteiger charge is 2.40. The molecule has 1 unspecified atom stereocenters. The Labute approximate surface area is 108 Å². The van der Waals surface area contributed by atoms with Gasteiger partial charge >= 0.3 is 0 Å². The predicted octanol–water partition coefficient (Wildman–Crippen LogP) is 0.572. The fourth-order valence-electron chi connectivity index (χ4n) is 2.35. The van der Waals surface area contributed by atoms with Crippen LogP contribution in [0.4, 0.5) is 0 Å². The molecule has 3 N–H and O–H groups in total. The highest BCUT2D eigenvalue weighted by atomic mass is 35.5. The van der Waals surface area contributed by atoms with Crippen molar-refractivity contribution in [1.29, 1.82) is 0 Å². The van der Waals surface area contributed by atoms with E-state index in [1.807, 2.05) is 4.90 Å². The van der Waals surface area contributed by atoms with Crippen molar-refractivity contribution in [3.05, 3.63) is 0 Å². The van der Waals surface area contributed by atoms with Gasteiger partial charge in [0.2, 0.25) is 0 Å². The van der Waals surface area contributed by atoms with Gasteiger partial charge < -0.3 is 15.3 Å². The summed E-state index contributed by atoms with van der Waals surface area (Å²) < 4.78 is 0. The number of nitrogens with zero attached hydrogens (tertiary/aromatic N) is 1. The van der Waals surface area contributed by atoms with Gasteiger partial charge in [-0.05, 0) is 13.0 Å². The second-order valence-electron chi connectivity index (χ2n) is 4.80. The summed E-state index contributed by atoms with van der Waals surface area (Å²) in [5.74, 6) is 0. The highest BCUT2D eigenvalue weighted by Crippen LogP contribution is 2.22. The van der Waals surface area contributed by atoms with E-state index in [1.54, 1.807) is 0 Å². The zero-order valence-corrected chi connectivity index (χ0v) is 11.2. The van der Waals surface area contributed by atoms with Gasteiger partial charge in [-0.3, -0.25) is 4.90 Å². The molecule has 5 heteroatoms. The van der Waals surface area contributed by atoms with Crippen molar-refractivity contribution in [1.82, 2.24) is 4.90 Å². The van der Waals surface area contributed by atoms with Crippen LogP contribution in [0.3, 0.4) is 0 Å². The molecule has 17 heavy (non-hydrogen) atoms. The molecule has 4 nitrogen and oxygen atoms in total. The summed E-state index contributed by atoms with van der Waals surface area (Å²) in [7, 11) is 0. The number of alkyl halides is 1. The number of unbranched alkanes of at least 4 members (excludes halogenated alkanes) is 3. The lowest BCUT2D eigenvalue weighted by Crippen LogP contribution is -2.61. The number of halogens is 1. The van der Waals surface area contributed by atoms with Crippen LogP contribution in [-0.2, 0) is 0 Å². The van der Waals surface area contributed by atoms with E-state index in [2.05, 4.69) is 6.92 Å². The van der Waals surface area contributed by atoms with Crippen LogP contribution in [0.25, 0.3) is 0 Å². The van der Waals surface area contributed by atoms with Crippen LogP contribution in [0, 0.1) is 0 Å². The highest BCUT2D eigenvalue weighted by molar-refractivity contribution is 6.21. The lowest BCUT2D eigenvalue weighted by atomic mass is 9.95. The fourth-order valence-corrected chi connectivity index (χ4v) is 2.67. The van der Waals surface area contributed by atoms with E-state index >= 15 is 0 Å². The largest absolute Gasteiger partial charge is 0.395 e. The molecule has 0 saturated carbocycles. The van der Waals surface area contributed by atoms with Crippen LogP contribution in [0.5, 0.6) is 0 Å². The molecule has 1 fully saturated rings. The monoisotopic (exact) mass is 265 g/mol. The second kappa shape index (κ2) is 7.54. The molecule has 4 atom stereocenters. The van der Waals surface area contributed by atoms with Crippen LogP contribution in [0.15, 0.2) is 0 Å². The van der Waals surface area contributed by atoms with Gasteiger partial charge in [-0.15, -0.1) is 11.6 Å². The van der Waals surface area contributed by atoms with Gasteiger partial charge in [-0.25, -0.2) is 0 Å². The minimum absolute atomic E-state index is 0.143. The van der Waals surface area contributed by atoms with Crippen molar-refractivity contribution in [3.63, 3.8) is 0 Å². The summed E-state index contributed by atoms with van der Waals surface area (Å²) in [6.07, 6.45) is 2.67. The molecule has 1 heterocycles. The summed E-state index contributed by atoms with van der Waals surface area (Å²) in [4.78, 5) is 1.99. The third-order valence-corrected chi connectivity index (χ3v) is 3.87. The molecule has 102 valence electrons. The zero-order valence-electron chi connectivity index (χ0n) is 10.4. The molecule has 1 rings (SSSR count). The van der Waals surface area contributed by atoms with E-state index in [0.29, 0.717) is 6.54 Å². The van der Waals surface area contributed by atoms with Gasteiger partial charge in [0.25, 0.3) is 0 Å². The normalized spacial score (nSPS) is 35.1. The third-order valence-electron chi connectivity index (χ3n) is 3.48. The van der Waals surface area contributed by atoms with E-state index in [9.17, 15) is 15.3 Å². The van der Waals surface area contributed by atoms with E-state index in [1.165, 1.54) is 12.8 Å². The lowest BCUT2D eigenvalue weighted by Gasteiger charge is -2.43.